The fourth-order valence-corrected chi connectivity index (χ4v) is 3.42. The Morgan fingerprint density at radius 2 is 1.66 bits per heavy atom. The van der Waals surface area contributed by atoms with Crippen LogP contribution in [-0.2, 0) is 0 Å². The van der Waals surface area contributed by atoms with Gasteiger partial charge in [-0.05, 0) is 42.8 Å². The molecule has 6 nitrogen and oxygen atoms in total. The second kappa shape index (κ2) is 10.0. The molecular weight excluding hydrogens is 473 g/mol. The summed E-state index contributed by atoms with van der Waals surface area (Å²) in [5, 5.41) is 6.26. The number of allylic oxidation sites excluding steroid dienone is 1. The van der Waals surface area contributed by atoms with Crippen LogP contribution < -0.4 is 15.4 Å². The Labute approximate surface area is 200 Å². The molecule has 1 aromatic heterocycles. The van der Waals surface area contributed by atoms with Gasteiger partial charge in [0.15, 0.2) is 0 Å². The average molecular weight is 491 g/mol. The minimum atomic E-state index is -0.556. The highest BCUT2D eigenvalue weighted by molar-refractivity contribution is 6.35. The number of nitrogens with one attached hydrogen (secondary N) is 2. The molecule has 32 heavy (non-hydrogen) atoms. The number of benzene rings is 2. The molecule has 1 heterocycles. The zero-order valence-electron chi connectivity index (χ0n) is 17.1. The van der Waals surface area contributed by atoms with E-state index in [2.05, 4.69) is 22.2 Å². The van der Waals surface area contributed by atoms with Crippen LogP contribution in [0.2, 0.25) is 15.1 Å². The fourth-order valence-electron chi connectivity index (χ4n) is 2.83. The van der Waals surface area contributed by atoms with Crippen molar-refractivity contribution in [2.75, 3.05) is 17.7 Å². The predicted molar refractivity (Wildman–Crippen MR) is 129 cm³/mol. The van der Waals surface area contributed by atoms with E-state index in [1.807, 2.05) is 6.92 Å². The molecule has 0 aliphatic heterocycles. The first-order valence-electron chi connectivity index (χ1n) is 9.27. The molecule has 0 aliphatic rings. The molecule has 164 valence electrons. The van der Waals surface area contributed by atoms with E-state index >= 15 is 0 Å². The van der Waals surface area contributed by atoms with Crippen LogP contribution in [0.4, 0.5) is 11.5 Å². The van der Waals surface area contributed by atoms with Gasteiger partial charge < -0.3 is 15.4 Å². The van der Waals surface area contributed by atoms with Crippen molar-refractivity contribution in [3.8, 4) is 5.75 Å². The molecule has 2 N–H and O–H groups in total. The van der Waals surface area contributed by atoms with Gasteiger partial charge in [-0.25, -0.2) is 4.98 Å². The topological polar surface area (TPSA) is 80.3 Å². The molecule has 2 aromatic carbocycles. The van der Waals surface area contributed by atoms with Crippen LogP contribution >= 0.6 is 34.8 Å². The summed E-state index contributed by atoms with van der Waals surface area (Å²) in [5.74, 6) is -0.606. The minimum Gasteiger partial charge on any atom is -0.494 e. The lowest BCUT2D eigenvalue weighted by Gasteiger charge is -2.16. The third-order valence-electron chi connectivity index (χ3n) is 4.45. The summed E-state index contributed by atoms with van der Waals surface area (Å²) < 4.78 is 5.34. The van der Waals surface area contributed by atoms with Crippen LogP contribution in [0.3, 0.4) is 0 Å². The first kappa shape index (κ1) is 23.6. The van der Waals surface area contributed by atoms with Crippen LogP contribution in [0.25, 0.3) is 5.57 Å². The number of hydrogen-bond acceptors (Lipinski definition) is 4. The molecule has 2 amide bonds. The number of rotatable bonds is 6. The van der Waals surface area contributed by atoms with Crippen LogP contribution in [-0.4, -0.2) is 23.9 Å². The minimum absolute atomic E-state index is 0.0779. The standard InChI is InChI=1S/C23H18Cl3N3O3/c1-12(2)13-4-6-16(18(26)8-13)22(30)29-21-17(9-15(25)10-19(21)32-3)23(31)28-20-7-5-14(24)11-27-20/h4-11H,1H2,2-3H3,(H,29,30)(H,27,28,31). The summed E-state index contributed by atoms with van der Waals surface area (Å²) in [6.45, 7) is 5.70. The van der Waals surface area contributed by atoms with Gasteiger partial charge in [-0.1, -0.05) is 53.0 Å². The van der Waals surface area contributed by atoms with E-state index in [1.165, 1.54) is 25.4 Å². The second-order valence-electron chi connectivity index (χ2n) is 6.78. The maximum absolute atomic E-state index is 13.0. The van der Waals surface area contributed by atoms with E-state index < -0.39 is 11.8 Å². The lowest BCUT2D eigenvalue weighted by Crippen LogP contribution is -2.19. The van der Waals surface area contributed by atoms with Gasteiger partial charge in [0.1, 0.15) is 11.6 Å². The molecule has 0 radical (unpaired) electrons. The van der Waals surface area contributed by atoms with E-state index in [9.17, 15) is 9.59 Å². The molecule has 0 fully saturated rings. The van der Waals surface area contributed by atoms with Crippen molar-refractivity contribution >= 4 is 63.7 Å². The van der Waals surface area contributed by atoms with Crippen LogP contribution in [0.1, 0.15) is 33.2 Å². The van der Waals surface area contributed by atoms with Gasteiger partial charge in [0.05, 0.1) is 34.0 Å². The van der Waals surface area contributed by atoms with E-state index in [-0.39, 0.29) is 38.4 Å². The van der Waals surface area contributed by atoms with Gasteiger partial charge in [-0.15, -0.1) is 0 Å². The van der Waals surface area contributed by atoms with E-state index in [4.69, 9.17) is 39.5 Å². The van der Waals surface area contributed by atoms with Gasteiger partial charge in [0.2, 0.25) is 0 Å². The lowest BCUT2D eigenvalue weighted by atomic mass is 10.1. The molecule has 3 rings (SSSR count). The maximum Gasteiger partial charge on any atom is 0.259 e. The van der Waals surface area contributed by atoms with E-state index in [0.717, 1.165) is 11.1 Å². The van der Waals surface area contributed by atoms with Crippen molar-refractivity contribution in [3.05, 3.63) is 87.0 Å². The lowest BCUT2D eigenvalue weighted by molar-refractivity contribution is 0.102. The van der Waals surface area contributed by atoms with Crippen molar-refractivity contribution in [2.45, 2.75) is 6.92 Å². The largest absolute Gasteiger partial charge is 0.494 e. The molecule has 0 unspecified atom stereocenters. The van der Waals surface area contributed by atoms with Crippen molar-refractivity contribution in [1.82, 2.24) is 4.98 Å². The van der Waals surface area contributed by atoms with Crippen LogP contribution in [0.5, 0.6) is 5.75 Å². The molecule has 0 aliphatic carbocycles. The molecule has 0 saturated heterocycles. The van der Waals surface area contributed by atoms with Crippen LogP contribution in [0.15, 0.2) is 55.2 Å². The Bertz CT molecular complexity index is 1210. The number of halogens is 3. The number of methoxy groups -OCH3 is 1. The SMILES string of the molecule is C=C(C)c1ccc(C(=O)Nc2c(OC)cc(Cl)cc2C(=O)Nc2ccc(Cl)cn2)c(Cl)c1. The van der Waals surface area contributed by atoms with Crippen molar-refractivity contribution in [2.24, 2.45) is 0 Å². The number of aromatic nitrogens is 1. The zero-order valence-corrected chi connectivity index (χ0v) is 19.4. The molecule has 9 heteroatoms. The third kappa shape index (κ3) is 5.40. The first-order chi connectivity index (χ1) is 15.2. The van der Waals surface area contributed by atoms with E-state index in [1.54, 1.807) is 30.3 Å². The Morgan fingerprint density at radius 3 is 2.25 bits per heavy atom. The monoisotopic (exact) mass is 489 g/mol. The Balaban J connectivity index is 1.96. The number of ether oxygens (including phenoxy) is 1. The number of nitrogens with zero attached hydrogens (tertiary/aromatic N) is 1. The number of pyridine rings is 1. The van der Waals surface area contributed by atoms with Gasteiger partial charge in [-0.2, -0.15) is 0 Å². The molecule has 3 aromatic rings. The maximum atomic E-state index is 13.0. The predicted octanol–water partition coefficient (Wildman–Crippen LogP) is 6.59. The smallest absolute Gasteiger partial charge is 0.259 e. The number of amides is 2. The summed E-state index contributed by atoms with van der Waals surface area (Å²) in [7, 11) is 1.40. The van der Waals surface area contributed by atoms with Crippen LogP contribution in [0, 0.1) is 0 Å². The normalized spacial score (nSPS) is 10.4. The van der Waals surface area contributed by atoms with Gasteiger partial charge in [-0.3, -0.25) is 9.59 Å². The highest BCUT2D eigenvalue weighted by atomic mass is 35.5. The second-order valence-corrected chi connectivity index (χ2v) is 8.06. The molecular formula is C23H18Cl3N3O3. The molecule has 0 bridgehead atoms. The van der Waals surface area contributed by atoms with Gasteiger partial charge in [0, 0.05) is 17.3 Å². The van der Waals surface area contributed by atoms with Gasteiger partial charge >= 0.3 is 0 Å². The summed E-state index contributed by atoms with van der Waals surface area (Å²) in [6, 6.07) is 11.0. The van der Waals surface area contributed by atoms with Crippen molar-refractivity contribution in [3.63, 3.8) is 0 Å². The highest BCUT2D eigenvalue weighted by Crippen LogP contribution is 2.34. The summed E-state index contributed by atoms with van der Waals surface area (Å²) in [6.07, 6.45) is 1.40. The Kier molecular flexibility index (Phi) is 7.40. The summed E-state index contributed by atoms with van der Waals surface area (Å²) in [4.78, 5) is 30.0. The average Bonchev–Trinajstić information content (AvgIpc) is 2.75. The summed E-state index contributed by atoms with van der Waals surface area (Å²) >= 11 is 18.3. The number of carbonyl (C=O) groups excluding carboxylic acids is 2. The van der Waals surface area contributed by atoms with E-state index in [0.29, 0.717) is 5.02 Å². The Hall–Kier alpha value is -3.06. The molecule has 0 saturated carbocycles. The van der Waals surface area contributed by atoms with Crippen molar-refractivity contribution < 1.29 is 14.3 Å². The highest BCUT2D eigenvalue weighted by Gasteiger charge is 2.22. The van der Waals surface area contributed by atoms with Crippen molar-refractivity contribution in [1.29, 1.82) is 0 Å². The first-order valence-corrected chi connectivity index (χ1v) is 10.4. The molecule has 0 spiro atoms. The summed E-state index contributed by atoms with van der Waals surface area (Å²) in [5.41, 5.74) is 2.06. The Morgan fingerprint density at radius 1 is 0.938 bits per heavy atom. The number of carbonyl (C=O) groups is 2. The fraction of sp³-hybridized carbons (Fsp3) is 0.0870. The quantitative estimate of drug-likeness (QED) is 0.408. The number of anilines is 2. The third-order valence-corrected chi connectivity index (χ3v) is 5.20. The number of hydrogen-bond donors (Lipinski definition) is 2. The molecule has 0 atom stereocenters. The zero-order chi connectivity index (χ0) is 23.4. The van der Waals surface area contributed by atoms with Gasteiger partial charge in [0.25, 0.3) is 11.8 Å².